The van der Waals surface area contributed by atoms with Crippen LogP contribution in [-0.4, -0.2) is 23.4 Å². The van der Waals surface area contributed by atoms with E-state index in [2.05, 4.69) is 20.6 Å². The first-order valence-corrected chi connectivity index (χ1v) is 7.83. The number of amides is 2. The SMILES string of the molecule is CCN=C(N)c1cnc(NC(=O)NCc2c(F)cccc2Cl)cc1N. The Bertz CT molecular complexity index is 791. The second-order valence-electron chi connectivity index (χ2n) is 5.02. The molecule has 2 aromatic rings. The van der Waals surface area contributed by atoms with Crippen LogP contribution in [0.4, 0.5) is 20.7 Å². The van der Waals surface area contributed by atoms with E-state index >= 15 is 0 Å². The first-order chi connectivity index (χ1) is 11.9. The van der Waals surface area contributed by atoms with Crippen molar-refractivity contribution in [3.05, 3.63) is 52.4 Å². The highest BCUT2D eigenvalue weighted by molar-refractivity contribution is 6.31. The molecule has 0 aliphatic rings. The number of anilines is 2. The molecule has 0 saturated heterocycles. The summed E-state index contributed by atoms with van der Waals surface area (Å²) in [5.74, 6) is 0.00517. The number of carbonyl (C=O) groups is 1. The molecule has 132 valence electrons. The molecule has 0 bridgehead atoms. The lowest BCUT2D eigenvalue weighted by molar-refractivity contribution is 0.251. The molecule has 0 radical (unpaired) electrons. The largest absolute Gasteiger partial charge is 0.398 e. The van der Waals surface area contributed by atoms with Gasteiger partial charge in [0.2, 0.25) is 0 Å². The molecule has 0 fully saturated rings. The highest BCUT2D eigenvalue weighted by Crippen LogP contribution is 2.19. The number of nitrogen functional groups attached to an aromatic ring is 1. The number of nitrogens with zero attached hydrogens (tertiary/aromatic N) is 2. The average molecular weight is 365 g/mol. The van der Waals surface area contributed by atoms with Crippen molar-refractivity contribution in [1.29, 1.82) is 0 Å². The van der Waals surface area contributed by atoms with E-state index in [1.165, 1.54) is 24.4 Å². The van der Waals surface area contributed by atoms with Gasteiger partial charge in [0, 0.05) is 41.6 Å². The predicted octanol–water partition coefficient (Wildman–Crippen LogP) is 2.50. The maximum absolute atomic E-state index is 13.7. The summed E-state index contributed by atoms with van der Waals surface area (Å²) in [6.07, 6.45) is 1.42. The quantitative estimate of drug-likeness (QED) is 0.481. The molecule has 25 heavy (non-hydrogen) atoms. The number of nitrogens with one attached hydrogen (secondary N) is 2. The maximum Gasteiger partial charge on any atom is 0.320 e. The molecule has 2 amide bonds. The average Bonchev–Trinajstić information content (AvgIpc) is 2.54. The summed E-state index contributed by atoms with van der Waals surface area (Å²) in [5.41, 5.74) is 12.7. The number of urea groups is 1. The van der Waals surface area contributed by atoms with Gasteiger partial charge in [-0.05, 0) is 19.1 Å². The van der Waals surface area contributed by atoms with E-state index in [1.54, 1.807) is 6.07 Å². The van der Waals surface area contributed by atoms with E-state index in [-0.39, 0.29) is 28.8 Å². The summed E-state index contributed by atoms with van der Waals surface area (Å²) in [6, 6.07) is 5.19. The minimum Gasteiger partial charge on any atom is -0.398 e. The molecule has 1 heterocycles. The second-order valence-corrected chi connectivity index (χ2v) is 5.43. The summed E-state index contributed by atoms with van der Waals surface area (Å²) in [7, 11) is 0. The Morgan fingerprint density at radius 1 is 1.44 bits per heavy atom. The molecule has 2 rings (SSSR count). The number of pyridine rings is 1. The molecule has 0 saturated carbocycles. The Hall–Kier alpha value is -2.87. The van der Waals surface area contributed by atoms with Crippen molar-refractivity contribution in [2.45, 2.75) is 13.5 Å². The molecular formula is C16H18ClFN6O. The lowest BCUT2D eigenvalue weighted by atomic mass is 10.2. The van der Waals surface area contributed by atoms with Gasteiger partial charge in [-0.3, -0.25) is 10.3 Å². The van der Waals surface area contributed by atoms with Gasteiger partial charge in [-0.25, -0.2) is 14.2 Å². The lowest BCUT2D eigenvalue weighted by Gasteiger charge is -2.10. The summed E-state index contributed by atoms with van der Waals surface area (Å²) in [5, 5.41) is 5.24. The van der Waals surface area contributed by atoms with Crippen molar-refractivity contribution in [1.82, 2.24) is 10.3 Å². The highest BCUT2D eigenvalue weighted by Gasteiger charge is 2.11. The smallest absolute Gasteiger partial charge is 0.320 e. The molecule has 7 nitrogen and oxygen atoms in total. The van der Waals surface area contributed by atoms with Crippen LogP contribution in [0.1, 0.15) is 18.1 Å². The van der Waals surface area contributed by atoms with Gasteiger partial charge in [-0.15, -0.1) is 0 Å². The highest BCUT2D eigenvalue weighted by atomic mass is 35.5. The first kappa shape index (κ1) is 18.5. The van der Waals surface area contributed by atoms with Gasteiger partial charge in [-0.2, -0.15) is 0 Å². The van der Waals surface area contributed by atoms with Gasteiger partial charge in [-0.1, -0.05) is 17.7 Å². The second kappa shape index (κ2) is 8.29. The zero-order valence-corrected chi connectivity index (χ0v) is 14.3. The van der Waals surface area contributed by atoms with Gasteiger partial charge < -0.3 is 16.8 Å². The number of halogens is 2. The third-order valence-electron chi connectivity index (χ3n) is 3.27. The number of hydrogen-bond donors (Lipinski definition) is 4. The zero-order chi connectivity index (χ0) is 18.4. The number of benzene rings is 1. The number of aromatic nitrogens is 1. The Morgan fingerprint density at radius 3 is 2.84 bits per heavy atom. The third-order valence-corrected chi connectivity index (χ3v) is 3.62. The van der Waals surface area contributed by atoms with Gasteiger partial charge in [0.15, 0.2) is 0 Å². The van der Waals surface area contributed by atoms with Crippen molar-refractivity contribution in [3.63, 3.8) is 0 Å². The fourth-order valence-corrected chi connectivity index (χ4v) is 2.27. The topological polar surface area (TPSA) is 118 Å². The number of aliphatic imine (C=N–C) groups is 1. The summed E-state index contributed by atoms with van der Waals surface area (Å²) in [6.45, 7) is 2.30. The van der Waals surface area contributed by atoms with Crippen LogP contribution < -0.4 is 22.1 Å². The van der Waals surface area contributed by atoms with E-state index in [9.17, 15) is 9.18 Å². The van der Waals surface area contributed by atoms with Gasteiger partial charge in [0.1, 0.15) is 17.5 Å². The van der Waals surface area contributed by atoms with Gasteiger partial charge >= 0.3 is 6.03 Å². The van der Waals surface area contributed by atoms with Crippen molar-refractivity contribution in [2.24, 2.45) is 10.7 Å². The molecule has 6 N–H and O–H groups in total. The van der Waals surface area contributed by atoms with Crippen LogP contribution in [0.15, 0.2) is 35.5 Å². The molecule has 0 unspecified atom stereocenters. The Balaban J connectivity index is 2.01. The number of amidine groups is 1. The maximum atomic E-state index is 13.7. The minimum atomic E-state index is -0.575. The van der Waals surface area contributed by atoms with Crippen LogP contribution in [0.25, 0.3) is 0 Å². The van der Waals surface area contributed by atoms with E-state index in [0.717, 1.165) is 0 Å². The van der Waals surface area contributed by atoms with Gasteiger partial charge in [0.25, 0.3) is 0 Å². The van der Waals surface area contributed by atoms with Crippen LogP contribution in [0.3, 0.4) is 0 Å². The van der Waals surface area contributed by atoms with Crippen LogP contribution in [0.2, 0.25) is 5.02 Å². The first-order valence-electron chi connectivity index (χ1n) is 7.46. The molecule has 0 aliphatic heterocycles. The summed E-state index contributed by atoms with van der Waals surface area (Å²) in [4.78, 5) is 20.0. The number of carbonyl (C=O) groups excluding carboxylic acids is 1. The Kier molecular flexibility index (Phi) is 6.13. The third kappa shape index (κ3) is 4.80. The molecule has 9 heteroatoms. The van der Waals surface area contributed by atoms with E-state index in [1.807, 2.05) is 6.92 Å². The number of hydrogen-bond acceptors (Lipinski definition) is 4. The Morgan fingerprint density at radius 2 is 2.20 bits per heavy atom. The van der Waals surface area contributed by atoms with E-state index in [0.29, 0.717) is 17.8 Å². The molecule has 0 atom stereocenters. The number of nitrogens with two attached hydrogens (primary N) is 2. The molecule has 1 aromatic heterocycles. The fraction of sp³-hybridized carbons (Fsp3) is 0.188. The molecule has 0 aliphatic carbocycles. The molecule has 1 aromatic carbocycles. The predicted molar refractivity (Wildman–Crippen MR) is 97.2 cm³/mol. The lowest BCUT2D eigenvalue weighted by Crippen LogP contribution is -2.29. The monoisotopic (exact) mass is 364 g/mol. The van der Waals surface area contributed by atoms with Crippen LogP contribution in [0, 0.1) is 5.82 Å². The van der Waals surface area contributed by atoms with Crippen molar-refractivity contribution in [3.8, 4) is 0 Å². The molecular weight excluding hydrogens is 347 g/mol. The normalized spacial score (nSPS) is 11.2. The summed E-state index contributed by atoms with van der Waals surface area (Å²) >= 11 is 5.90. The summed E-state index contributed by atoms with van der Waals surface area (Å²) < 4.78 is 13.7. The number of rotatable bonds is 5. The zero-order valence-electron chi connectivity index (χ0n) is 13.5. The van der Waals surface area contributed by atoms with Crippen LogP contribution in [-0.2, 0) is 6.54 Å². The molecule has 0 spiro atoms. The van der Waals surface area contributed by atoms with Gasteiger partial charge in [0.05, 0.1) is 5.56 Å². The van der Waals surface area contributed by atoms with Crippen molar-refractivity contribution in [2.75, 3.05) is 17.6 Å². The standard InChI is InChI=1S/C16H18ClFN6O/c1-2-21-15(20)10-8-22-14(6-13(10)19)24-16(25)23-7-9-11(17)4-3-5-12(9)18/h3-6,8H,2,7H2,1H3,(H2,20,21)(H4,19,22,23,24,25). The van der Waals surface area contributed by atoms with Crippen molar-refractivity contribution >= 4 is 35.0 Å². The van der Waals surface area contributed by atoms with Crippen LogP contribution in [0.5, 0.6) is 0 Å². The van der Waals surface area contributed by atoms with E-state index in [4.69, 9.17) is 23.1 Å². The van der Waals surface area contributed by atoms with Crippen molar-refractivity contribution < 1.29 is 9.18 Å². The minimum absolute atomic E-state index is 0.0684. The van der Waals surface area contributed by atoms with E-state index < -0.39 is 11.8 Å². The Labute approximate surface area is 149 Å². The fourth-order valence-electron chi connectivity index (χ4n) is 2.04. The van der Waals surface area contributed by atoms with Crippen LogP contribution >= 0.6 is 11.6 Å².